The van der Waals surface area contributed by atoms with Crippen LogP contribution in [0.15, 0.2) is 66.9 Å². The minimum atomic E-state index is -0.710. The lowest BCUT2D eigenvalue weighted by Crippen LogP contribution is -2.20. The van der Waals surface area contributed by atoms with Gasteiger partial charge in [-0.2, -0.15) is 0 Å². The van der Waals surface area contributed by atoms with Gasteiger partial charge in [-0.1, -0.05) is 48.5 Å². The van der Waals surface area contributed by atoms with Gasteiger partial charge in [-0.15, -0.1) is 0 Å². The van der Waals surface area contributed by atoms with Crippen LogP contribution in [-0.2, 0) is 14.3 Å². The highest BCUT2D eigenvalue weighted by molar-refractivity contribution is 5.81. The molecule has 0 saturated carbocycles. The highest BCUT2D eigenvalue weighted by Gasteiger charge is 2.12. The van der Waals surface area contributed by atoms with Crippen LogP contribution in [0, 0.1) is 0 Å². The highest BCUT2D eigenvalue weighted by atomic mass is 16.7. The standard InChI is InChI=1S/C19H20O4/c1-3-21-14-13-19(20)23-15(2)22-18-12-8-7-11-17(18)16-9-5-4-6-10-16/h4-15H,3H2,1-2H3. The van der Waals surface area contributed by atoms with Crippen LogP contribution in [0.4, 0.5) is 0 Å². The number of benzene rings is 2. The quantitative estimate of drug-likeness (QED) is 0.333. The molecule has 0 aromatic heterocycles. The highest BCUT2D eigenvalue weighted by Crippen LogP contribution is 2.30. The smallest absolute Gasteiger partial charge is 0.336 e. The largest absolute Gasteiger partial charge is 0.501 e. The van der Waals surface area contributed by atoms with Gasteiger partial charge < -0.3 is 14.2 Å². The van der Waals surface area contributed by atoms with E-state index in [0.29, 0.717) is 12.4 Å². The molecular weight excluding hydrogens is 292 g/mol. The van der Waals surface area contributed by atoms with Crippen LogP contribution in [0.5, 0.6) is 5.75 Å². The zero-order valence-corrected chi connectivity index (χ0v) is 13.3. The summed E-state index contributed by atoms with van der Waals surface area (Å²) in [6, 6.07) is 17.5. The van der Waals surface area contributed by atoms with Gasteiger partial charge in [0.15, 0.2) is 0 Å². The van der Waals surface area contributed by atoms with Gasteiger partial charge >= 0.3 is 5.97 Å². The molecule has 120 valence electrons. The van der Waals surface area contributed by atoms with Crippen molar-refractivity contribution in [1.29, 1.82) is 0 Å². The Balaban J connectivity index is 2.04. The summed E-state index contributed by atoms with van der Waals surface area (Å²) in [5.74, 6) is 0.149. The van der Waals surface area contributed by atoms with E-state index in [0.717, 1.165) is 11.1 Å². The Bertz CT molecular complexity index is 649. The number of hydrogen-bond donors (Lipinski definition) is 0. The molecule has 0 radical (unpaired) electrons. The molecule has 0 N–H and O–H groups in total. The average molecular weight is 312 g/mol. The predicted octanol–water partition coefficient (Wildman–Crippen LogP) is 4.17. The van der Waals surface area contributed by atoms with Crippen LogP contribution in [0.25, 0.3) is 11.1 Å². The topological polar surface area (TPSA) is 44.8 Å². The number of esters is 1. The summed E-state index contributed by atoms with van der Waals surface area (Å²) in [7, 11) is 0. The molecule has 0 heterocycles. The fourth-order valence-corrected chi connectivity index (χ4v) is 2.03. The number of hydrogen-bond acceptors (Lipinski definition) is 4. The maximum absolute atomic E-state index is 11.6. The summed E-state index contributed by atoms with van der Waals surface area (Å²) < 4.78 is 15.9. The molecule has 1 atom stereocenters. The Hall–Kier alpha value is -2.75. The minimum absolute atomic E-state index is 0.500. The van der Waals surface area contributed by atoms with Crippen molar-refractivity contribution in [2.24, 2.45) is 0 Å². The van der Waals surface area contributed by atoms with Gasteiger partial charge in [0.2, 0.25) is 6.29 Å². The summed E-state index contributed by atoms with van der Waals surface area (Å²) in [6.07, 6.45) is 1.83. The maximum Gasteiger partial charge on any atom is 0.336 e. The second-order valence-electron chi connectivity index (χ2n) is 4.74. The Kier molecular flexibility index (Phi) is 6.24. The summed E-state index contributed by atoms with van der Waals surface area (Å²) in [6.45, 7) is 4.01. The third-order valence-electron chi connectivity index (χ3n) is 3.01. The number of ether oxygens (including phenoxy) is 3. The van der Waals surface area contributed by atoms with Crippen molar-refractivity contribution in [2.45, 2.75) is 20.1 Å². The molecule has 0 aliphatic heterocycles. The number of rotatable bonds is 7. The first-order valence-corrected chi connectivity index (χ1v) is 7.50. The third kappa shape index (κ3) is 5.18. The first kappa shape index (κ1) is 16.6. The van der Waals surface area contributed by atoms with Crippen LogP contribution in [0.3, 0.4) is 0 Å². The minimum Gasteiger partial charge on any atom is -0.501 e. The molecule has 2 rings (SSSR count). The number of carbonyl (C=O) groups is 1. The summed E-state index contributed by atoms with van der Waals surface area (Å²) >= 11 is 0. The van der Waals surface area contributed by atoms with Crippen molar-refractivity contribution in [3.05, 3.63) is 66.9 Å². The van der Waals surface area contributed by atoms with E-state index >= 15 is 0 Å². The molecule has 0 aliphatic carbocycles. The first-order chi connectivity index (χ1) is 11.2. The fraction of sp³-hybridized carbons (Fsp3) is 0.211. The molecule has 0 spiro atoms. The molecule has 4 nitrogen and oxygen atoms in total. The maximum atomic E-state index is 11.6. The summed E-state index contributed by atoms with van der Waals surface area (Å²) in [5, 5.41) is 0. The molecule has 0 amide bonds. The monoisotopic (exact) mass is 312 g/mol. The van der Waals surface area contributed by atoms with Crippen LogP contribution in [-0.4, -0.2) is 18.9 Å². The van der Waals surface area contributed by atoms with Crippen molar-refractivity contribution in [1.82, 2.24) is 0 Å². The first-order valence-electron chi connectivity index (χ1n) is 7.50. The Morgan fingerprint density at radius 1 is 1.09 bits per heavy atom. The molecule has 23 heavy (non-hydrogen) atoms. The number of para-hydroxylation sites is 1. The van der Waals surface area contributed by atoms with E-state index in [9.17, 15) is 4.79 Å². The van der Waals surface area contributed by atoms with Crippen molar-refractivity contribution in [3.8, 4) is 16.9 Å². The van der Waals surface area contributed by atoms with E-state index in [-0.39, 0.29) is 0 Å². The fourth-order valence-electron chi connectivity index (χ4n) is 2.03. The molecule has 0 fully saturated rings. The predicted molar refractivity (Wildman–Crippen MR) is 88.8 cm³/mol. The van der Waals surface area contributed by atoms with E-state index < -0.39 is 12.3 Å². The van der Waals surface area contributed by atoms with Crippen LogP contribution in [0.2, 0.25) is 0 Å². The van der Waals surface area contributed by atoms with Gasteiger partial charge in [0.1, 0.15) is 5.75 Å². The second kappa shape index (κ2) is 8.63. The van der Waals surface area contributed by atoms with E-state index in [1.807, 2.05) is 61.5 Å². The molecule has 0 saturated heterocycles. The molecule has 2 aromatic carbocycles. The van der Waals surface area contributed by atoms with Gasteiger partial charge in [0, 0.05) is 12.5 Å². The Morgan fingerprint density at radius 2 is 1.78 bits per heavy atom. The molecule has 1 unspecified atom stereocenters. The molecule has 0 aliphatic rings. The summed E-state index contributed by atoms with van der Waals surface area (Å²) in [4.78, 5) is 11.6. The second-order valence-corrected chi connectivity index (χ2v) is 4.74. The molecule has 0 bridgehead atoms. The van der Waals surface area contributed by atoms with Crippen molar-refractivity contribution in [2.75, 3.05) is 6.61 Å². The van der Waals surface area contributed by atoms with Crippen LogP contribution < -0.4 is 4.74 Å². The lowest BCUT2D eigenvalue weighted by molar-refractivity contribution is -0.155. The SMILES string of the molecule is CCOC=CC(=O)OC(C)Oc1ccccc1-c1ccccc1. The van der Waals surface area contributed by atoms with E-state index in [2.05, 4.69) is 0 Å². The van der Waals surface area contributed by atoms with Gasteiger partial charge in [-0.05, 0) is 18.6 Å². The van der Waals surface area contributed by atoms with Gasteiger partial charge in [-0.3, -0.25) is 0 Å². The van der Waals surface area contributed by atoms with Gasteiger partial charge in [0.05, 0.1) is 18.9 Å². The lowest BCUT2D eigenvalue weighted by Gasteiger charge is -2.17. The zero-order valence-electron chi connectivity index (χ0n) is 13.3. The normalized spacial score (nSPS) is 11.9. The van der Waals surface area contributed by atoms with E-state index in [1.165, 1.54) is 12.3 Å². The van der Waals surface area contributed by atoms with E-state index in [4.69, 9.17) is 14.2 Å². The summed E-state index contributed by atoms with van der Waals surface area (Å²) in [5.41, 5.74) is 1.98. The zero-order chi connectivity index (χ0) is 16.5. The van der Waals surface area contributed by atoms with Crippen molar-refractivity contribution in [3.63, 3.8) is 0 Å². The van der Waals surface area contributed by atoms with Crippen molar-refractivity contribution < 1.29 is 19.0 Å². The van der Waals surface area contributed by atoms with E-state index in [1.54, 1.807) is 6.92 Å². The van der Waals surface area contributed by atoms with Gasteiger partial charge in [0.25, 0.3) is 0 Å². The van der Waals surface area contributed by atoms with Crippen LogP contribution in [0.1, 0.15) is 13.8 Å². The molecule has 2 aromatic rings. The van der Waals surface area contributed by atoms with Gasteiger partial charge in [-0.25, -0.2) is 4.79 Å². The number of carbonyl (C=O) groups excluding carboxylic acids is 1. The van der Waals surface area contributed by atoms with Crippen LogP contribution >= 0.6 is 0 Å². The molecular formula is C19H20O4. The average Bonchev–Trinajstić information content (AvgIpc) is 2.56. The molecule has 4 heteroatoms. The Labute approximate surface area is 136 Å². The third-order valence-corrected chi connectivity index (χ3v) is 3.01. The Morgan fingerprint density at radius 3 is 2.52 bits per heavy atom. The van der Waals surface area contributed by atoms with Crippen molar-refractivity contribution >= 4 is 5.97 Å². The lowest BCUT2D eigenvalue weighted by atomic mass is 10.1.